The van der Waals surface area contributed by atoms with E-state index in [1.807, 2.05) is 0 Å². The van der Waals surface area contributed by atoms with Crippen LogP contribution in [0, 0.1) is 0 Å². The Kier molecular flexibility index (Phi) is 4.19. The van der Waals surface area contributed by atoms with Crippen molar-refractivity contribution in [2.24, 2.45) is 5.73 Å². The molecule has 2 rings (SSSR count). The summed E-state index contributed by atoms with van der Waals surface area (Å²) in [4.78, 5) is 0. The van der Waals surface area contributed by atoms with Crippen LogP contribution in [0.3, 0.4) is 0 Å². The first kappa shape index (κ1) is 11.4. The van der Waals surface area contributed by atoms with Crippen LogP contribution in [0.1, 0.15) is 17.5 Å². The van der Waals surface area contributed by atoms with E-state index in [0.717, 1.165) is 38.2 Å². The highest BCUT2D eigenvalue weighted by atomic mass is 16.5. The number of benzene rings is 1. The van der Waals surface area contributed by atoms with Gasteiger partial charge in [-0.1, -0.05) is 12.1 Å². The van der Waals surface area contributed by atoms with E-state index in [9.17, 15) is 0 Å². The minimum absolute atomic E-state index is 0.595. The lowest BCUT2D eigenvalue weighted by Crippen LogP contribution is -2.11. The second-order valence-electron chi connectivity index (χ2n) is 4.05. The molecule has 0 bridgehead atoms. The maximum Gasteiger partial charge on any atom is 0.122 e. The molecule has 0 saturated heterocycles. The summed E-state index contributed by atoms with van der Waals surface area (Å²) in [5, 5.41) is 0. The van der Waals surface area contributed by atoms with Gasteiger partial charge in [0.25, 0.3) is 0 Å². The Morgan fingerprint density at radius 3 is 3.12 bits per heavy atom. The predicted molar refractivity (Wildman–Crippen MR) is 63.8 cm³/mol. The van der Waals surface area contributed by atoms with Gasteiger partial charge in [-0.3, -0.25) is 0 Å². The molecule has 1 aliphatic heterocycles. The van der Waals surface area contributed by atoms with Crippen molar-refractivity contribution in [2.75, 3.05) is 26.4 Å². The van der Waals surface area contributed by atoms with E-state index >= 15 is 0 Å². The van der Waals surface area contributed by atoms with Crippen LogP contribution in [0.4, 0.5) is 0 Å². The number of ether oxygens (including phenoxy) is 2. The van der Waals surface area contributed by atoms with E-state index in [0.29, 0.717) is 13.2 Å². The fraction of sp³-hybridized carbons (Fsp3) is 0.538. The number of nitrogens with two attached hydrogens (primary N) is 1. The summed E-state index contributed by atoms with van der Waals surface area (Å²) in [6.07, 6.45) is 3.21. The van der Waals surface area contributed by atoms with E-state index in [1.165, 1.54) is 11.1 Å². The molecule has 0 aliphatic carbocycles. The van der Waals surface area contributed by atoms with Crippen molar-refractivity contribution in [3.05, 3.63) is 29.3 Å². The molecule has 88 valence electrons. The van der Waals surface area contributed by atoms with Gasteiger partial charge in [-0.15, -0.1) is 0 Å². The SMILES string of the molecule is NCCOCCc1ccc2c(c1)CCCO2. The zero-order chi connectivity index (χ0) is 11.2. The molecule has 3 nitrogen and oxygen atoms in total. The van der Waals surface area contributed by atoms with Crippen molar-refractivity contribution in [3.63, 3.8) is 0 Å². The molecule has 2 N–H and O–H groups in total. The van der Waals surface area contributed by atoms with E-state index in [2.05, 4.69) is 18.2 Å². The maximum absolute atomic E-state index is 5.57. The van der Waals surface area contributed by atoms with Crippen LogP contribution in [0.25, 0.3) is 0 Å². The normalized spacial score (nSPS) is 14.3. The van der Waals surface area contributed by atoms with Crippen LogP contribution in [0.5, 0.6) is 5.75 Å². The smallest absolute Gasteiger partial charge is 0.122 e. The van der Waals surface area contributed by atoms with Gasteiger partial charge < -0.3 is 15.2 Å². The third-order valence-electron chi connectivity index (χ3n) is 2.77. The number of aryl methyl sites for hydroxylation is 1. The lowest BCUT2D eigenvalue weighted by Gasteiger charge is -2.17. The highest BCUT2D eigenvalue weighted by Crippen LogP contribution is 2.25. The highest BCUT2D eigenvalue weighted by Gasteiger charge is 2.10. The lowest BCUT2D eigenvalue weighted by atomic mass is 10.0. The zero-order valence-electron chi connectivity index (χ0n) is 9.58. The van der Waals surface area contributed by atoms with Crippen LogP contribution < -0.4 is 10.5 Å². The van der Waals surface area contributed by atoms with Gasteiger partial charge in [-0.25, -0.2) is 0 Å². The van der Waals surface area contributed by atoms with Gasteiger partial charge in [0, 0.05) is 6.54 Å². The minimum Gasteiger partial charge on any atom is -0.493 e. The Bertz CT molecular complexity index is 339. The van der Waals surface area contributed by atoms with Crippen LogP contribution in [0.2, 0.25) is 0 Å². The molecule has 0 unspecified atom stereocenters. The third kappa shape index (κ3) is 2.97. The van der Waals surface area contributed by atoms with E-state index in [-0.39, 0.29) is 0 Å². The fourth-order valence-electron chi connectivity index (χ4n) is 1.94. The summed E-state index contributed by atoms with van der Waals surface area (Å²) >= 11 is 0. The summed E-state index contributed by atoms with van der Waals surface area (Å²) in [6, 6.07) is 6.43. The first-order chi connectivity index (χ1) is 7.90. The van der Waals surface area contributed by atoms with E-state index < -0.39 is 0 Å². The Morgan fingerprint density at radius 1 is 1.31 bits per heavy atom. The number of hydrogen-bond donors (Lipinski definition) is 1. The van der Waals surface area contributed by atoms with Gasteiger partial charge in [-0.05, 0) is 36.5 Å². The Hall–Kier alpha value is -1.06. The van der Waals surface area contributed by atoms with Crippen molar-refractivity contribution in [2.45, 2.75) is 19.3 Å². The van der Waals surface area contributed by atoms with Gasteiger partial charge in [0.2, 0.25) is 0 Å². The van der Waals surface area contributed by atoms with E-state index in [4.69, 9.17) is 15.2 Å². The van der Waals surface area contributed by atoms with Crippen LogP contribution in [-0.4, -0.2) is 26.4 Å². The van der Waals surface area contributed by atoms with E-state index in [1.54, 1.807) is 0 Å². The van der Waals surface area contributed by atoms with Crippen LogP contribution >= 0.6 is 0 Å². The van der Waals surface area contributed by atoms with Gasteiger partial charge in [0.05, 0.1) is 19.8 Å². The van der Waals surface area contributed by atoms with Crippen molar-refractivity contribution < 1.29 is 9.47 Å². The molecule has 1 aromatic rings. The molecule has 0 radical (unpaired) electrons. The molecule has 0 aromatic heterocycles. The molecule has 0 atom stereocenters. The summed E-state index contributed by atoms with van der Waals surface area (Å²) in [6.45, 7) is 2.84. The quantitative estimate of drug-likeness (QED) is 0.767. The second-order valence-corrected chi connectivity index (χ2v) is 4.05. The maximum atomic E-state index is 5.57. The molecule has 1 aromatic carbocycles. The number of rotatable bonds is 5. The van der Waals surface area contributed by atoms with Crippen LogP contribution in [0.15, 0.2) is 18.2 Å². The lowest BCUT2D eigenvalue weighted by molar-refractivity contribution is 0.144. The van der Waals surface area contributed by atoms with Crippen molar-refractivity contribution in [1.82, 2.24) is 0 Å². The number of fused-ring (bicyclic) bond motifs is 1. The summed E-state index contributed by atoms with van der Waals surface area (Å²) in [5.41, 5.74) is 8.01. The summed E-state index contributed by atoms with van der Waals surface area (Å²) < 4.78 is 10.9. The zero-order valence-corrected chi connectivity index (χ0v) is 9.58. The Morgan fingerprint density at radius 2 is 2.25 bits per heavy atom. The number of hydrogen-bond acceptors (Lipinski definition) is 3. The predicted octanol–water partition coefficient (Wildman–Crippen LogP) is 1.53. The van der Waals surface area contributed by atoms with Gasteiger partial charge in [0.15, 0.2) is 0 Å². The van der Waals surface area contributed by atoms with Crippen molar-refractivity contribution >= 4 is 0 Å². The average Bonchev–Trinajstić information content (AvgIpc) is 2.34. The molecule has 3 heteroatoms. The Labute approximate surface area is 96.5 Å². The van der Waals surface area contributed by atoms with Crippen molar-refractivity contribution in [1.29, 1.82) is 0 Å². The largest absolute Gasteiger partial charge is 0.493 e. The monoisotopic (exact) mass is 221 g/mol. The minimum atomic E-state index is 0.595. The van der Waals surface area contributed by atoms with Gasteiger partial charge >= 0.3 is 0 Å². The first-order valence-corrected chi connectivity index (χ1v) is 5.92. The molecular weight excluding hydrogens is 202 g/mol. The van der Waals surface area contributed by atoms with Crippen molar-refractivity contribution in [3.8, 4) is 5.75 Å². The molecule has 0 fully saturated rings. The molecule has 0 saturated carbocycles. The fourth-order valence-corrected chi connectivity index (χ4v) is 1.94. The molecular formula is C13H19NO2. The molecule has 1 aliphatic rings. The van der Waals surface area contributed by atoms with Crippen LogP contribution in [-0.2, 0) is 17.6 Å². The molecule has 0 amide bonds. The highest BCUT2D eigenvalue weighted by molar-refractivity contribution is 5.38. The van der Waals surface area contributed by atoms with Gasteiger partial charge in [-0.2, -0.15) is 0 Å². The standard InChI is InChI=1S/C13H19NO2/c14-6-9-15-8-5-11-3-4-13-12(10-11)2-1-7-16-13/h3-4,10H,1-2,5-9,14H2. The Balaban J connectivity index is 1.90. The first-order valence-electron chi connectivity index (χ1n) is 5.92. The third-order valence-corrected chi connectivity index (χ3v) is 2.77. The molecule has 1 heterocycles. The molecule has 16 heavy (non-hydrogen) atoms. The summed E-state index contributed by atoms with van der Waals surface area (Å²) in [7, 11) is 0. The summed E-state index contributed by atoms with van der Waals surface area (Å²) in [5.74, 6) is 1.05. The van der Waals surface area contributed by atoms with Gasteiger partial charge in [0.1, 0.15) is 5.75 Å². The average molecular weight is 221 g/mol. The second kappa shape index (κ2) is 5.87. The molecule has 0 spiro atoms. The topological polar surface area (TPSA) is 44.5 Å².